The number of nitrogens with zero attached hydrogens (tertiary/aromatic N) is 4. The highest BCUT2D eigenvalue weighted by atomic mass is 19.4. The number of anilines is 1. The lowest BCUT2D eigenvalue weighted by Crippen LogP contribution is -2.37. The van der Waals surface area contributed by atoms with E-state index in [9.17, 15) is 27.6 Å². The monoisotopic (exact) mass is 465 g/mol. The molecule has 1 aliphatic rings. The first-order valence-electron chi connectivity index (χ1n) is 10.00. The molecule has 34 heavy (non-hydrogen) atoms. The Hall–Kier alpha value is -4.54. The molecule has 0 atom stereocenters. The maximum atomic E-state index is 13.0. The number of alkyl halides is 3. The minimum atomic E-state index is -4.47. The van der Waals surface area contributed by atoms with Gasteiger partial charge in [-0.2, -0.15) is 18.2 Å². The third kappa shape index (κ3) is 3.76. The summed E-state index contributed by atoms with van der Waals surface area (Å²) in [6.07, 6.45) is -2.98. The van der Waals surface area contributed by atoms with Crippen LogP contribution in [0.25, 0.3) is 16.8 Å². The summed E-state index contributed by atoms with van der Waals surface area (Å²) >= 11 is 0. The molecule has 0 spiro atoms. The second kappa shape index (κ2) is 7.80. The highest BCUT2D eigenvalue weighted by Crippen LogP contribution is 2.32. The molecule has 8 nitrogen and oxygen atoms in total. The summed E-state index contributed by atoms with van der Waals surface area (Å²) in [5, 5.41) is 6.56. The lowest BCUT2D eigenvalue weighted by Gasteiger charge is -2.12. The summed E-state index contributed by atoms with van der Waals surface area (Å²) in [6.45, 7) is -0.516. The zero-order valence-electron chi connectivity index (χ0n) is 17.2. The first kappa shape index (κ1) is 21.3. The highest BCUT2D eigenvalue weighted by Gasteiger charge is 2.36. The number of carbonyl (C=O) groups is 3. The third-order valence-corrected chi connectivity index (χ3v) is 5.29. The molecule has 3 amide bonds. The first-order valence-corrected chi connectivity index (χ1v) is 10.00. The molecule has 170 valence electrons. The number of hydrogen-bond donors (Lipinski definition) is 1. The van der Waals surface area contributed by atoms with E-state index in [0.717, 1.165) is 17.0 Å². The van der Waals surface area contributed by atoms with Crippen molar-refractivity contribution < 1.29 is 27.6 Å². The van der Waals surface area contributed by atoms with Crippen molar-refractivity contribution in [2.75, 3.05) is 11.9 Å². The molecular formula is C23H14F3N5O3. The SMILES string of the molecule is O=C(CN1C(=O)c2ccccc2C1=O)Nc1nc2ccc(-c3cccc(C(F)(F)F)c3)cn2n1. The molecule has 0 aliphatic carbocycles. The number of hydrogen-bond acceptors (Lipinski definition) is 5. The molecule has 0 fully saturated rings. The predicted octanol–water partition coefficient (Wildman–Crippen LogP) is 3.65. The lowest BCUT2D eigenvalue weighted by atomic mass is 10.0. The third-order valence-electron chi connectivity index (χ3n) is 5.29. The van der Waals surface area contributed by atoms with Crippen LogP contribution in [-0.4, -0.2) is 43.8 Å². The van der Waals surface area contributed by atoms with E-state index in [1.165, 1.54) is 35.0 Å². The molecule has 4 aromatic rings. The van der Waals surface area contributed by atoms with Crippen LogP contribution in [0, 0.1) is 0 Å². The molecule has 11 heteroatoms. The first-order chi connectivity index (χ1) is 16.2. The molecule has 0 saturated heterocycles. The molecule has 1 N–H and O–H groups in total. The minimum Gasteiger partial charge on any atom is -0.292 e. The number of imide groups is 1. The fraction of sp³-hybridized carbons (Fsp3) is 0.0870. The summed E-state index contributed by atoms with van der Waals surface area (Å²) in [5.74, 6) is -1.89. The molecule has 3 heterocycles. The largest absolute Gasteiger partial charge is 0.416 e. The van der Waals surface area contributed by atoms with Crippen molar-refractivity contribution in [1.29, 1.82) is 0 Å². The zero-order valence-corrected chi connectivity index (χ0v) is 17.2. The van der Waals surface area contributed by atoms with Crippen LogP contribution in [0.5, 0.6) is 0 Å². The number of carbonyl (C=O) groups excluding carboxylic acids is 3. The van der Waals surface area contributed by atoms with Crippen molar-refractivity contribution in [3.63, 3.8) is 0 Å². The highest BCUT2D eigenvalue weighted by molar-refractivity contribution is 6.22. The van der Waals surface area contributed by atoms with E-state index in [4.69, 9.17) is 0 Å². The maximum absolute atomic E-state index is 13.0. The number of rotatable bonds is 4. The number of halogens is 3. The molecule has 0 unspecified atom stereocenters. The normalized spacial score (nSPS) is 13.4. The molecule has 5 rings (SSSR count). The Labute approximate surface area is 189 Å². The number of pyridine rings is 1. The van der Waals surface area contributed by atoms with Crippen molar-refractivity contribution in [2.45, 2.75) is 6.18 Å². The Morgan fingerprint density at radius 1 is 0.912 bits per heavy atom. The Morgan fingerprint density at radius 3 is 2.29 bits per heavy atom. The number of benzene rings is 2. The minimum absolute atomic E-state index is 0.0807. The summed E-state index contributed by atoms with van der Waals surface area (Å²) in [5.41, 5.74) is 0.828. The fourth-order valence-electron chi connectivity index (χ4n) is 3.67. The van der Waals surface area contributed by atoms with Gasteiger partial charge in [-0.05, 0) is 42.0 Å². The molecule has 2 aromatic heterocycles. The molecule has 0 bridgehead atoms. The van der Waals surface area contributed by atoms with Gasteiger partial charge in [0.2, 0.25) is 11.9 Å². The van der Waals surface area contributed by atoms with E-state index in [2.05, 4.69) is 15.4 Å². The fourth-order valence-corrected chi connectivity index (χ4v) is 3.67. The molecule has 2 aromatic carbocycles. The quantitative estimate of drug-likeness (QED) is 0.464. The van der Waals surface area contributed by atoms with Gasteiger partial charge >= 0.3 is 6.18 Å². The van der Waals surface area contributed by atoms with Gasteiger partial charge in [0.15, 0.2) is 5.65 Å². The zero-order chi connectivity index (χ0) is 24.0. The lowest BCUT2D eigenvalue weighted by molar-refractivity contribution is -0.137. The Kier molecular flexibility index (Phi) is 4.89. The molecule has 0 saturated carbocycles. The maximum Gasteiger partial charge on any atom is 0.416 e. The van der Waals surface area contributed by atoms with E-state index in [-0.39, 0.29) is 17.1 Å². The van der Waals surface area contributed by atoms with E-state index >= 15 is 0 Å². The molecular weight excluding hydrogens is 451 g/mol. The van der Waals surface area contributed by atoms with Crippen LogP contribution in [0.3, 0.4) is 0 Å². The summed E-state index contributed by atoms with van der Waals surface area (Å²) < 4.78 is 40.4. The van der Waals surface area contributed by atoms with Crippen molar-refractivity contribution in [2.24, 2.45) is 0 Å². The van der Waals surface area contributed by atoms with Crippen LogP contribution >= 0.6 is 0 Å². The topological polar surface area (TPSA) is 96.7 Å². The second-order valence-electron chi connectivity index (χ2n) is 7.52. The number of aromatic nitrogens is 3. The van der Waals surface area contributed by atoms with Crippen molar-refractivity contribution in [1.82, 2.24) is 19.5 Å². The van der Waals surface area contributed by atoms with Gasteiger partial charge in [0.25, 0.3) is 11.8 Å². The van der Waals surface area contributed by atoms with Crippen molar-refractivity contribution in [3.05, 3.63) is 83.6 Å². The van der Waals surface area contributed by atoms with Crippen LogP contribution in [0.15, 0.2) is 66.9 Å². The van der Waals surface area contributed by atoms with E-state index in [0.29, 0.717) is 16.8 Å². The Balaban J connectivity index is 1.33. The van der Waals surface area contributed by atoms with Gasteiger partial charge in [-0.3, -0.25) is 24.6 Å². The van der Waals surface area contributed by atoms with Crippen molar-refractivity contribution in [3.8, 4) is 11.1 Å². The number of amides is 3. The second-order valence-corrected chi connectivity index (χ2v) is 7.52. The standard InChI is InChI=1S/C23H14F3N5O3/c24-23(25,26)15-5-3-4-13(10-15)14-8-9-18-27-22(29-31(18)11-14)28-19(32)12-30-20(33)16-6-1-2-7-17(16)21(30)34/h1-11H,12H2,(H,28,29,32). The van der Waals surface area contributed by atoms with Gasteiger partial charge in [-0.1, -0.05) is 24.3 Å². The smallest absolute Gasteiger partial charge is 0.292 e. The van der Waals surface area contributed by atoms with Crippen LogP contribution in [0.4, 0.5) is 19.1 Å². The van der Waals surface area contributed by atoms with E-state index in [1.54, 1.807) is 24.3 Å². The Bertz CT molecular complexity index is 1440. The van der Waals surface area contributed by atoms with Gasteiger partial charge in [0, 0.05) is 11.8 Å². The summed E-state index contributed by atoms with van der Waals surface area (Å²) in [7, 11) is 0. The average Bonchev–Trinajstić information content (AvgIpc) is 3.32. The predicted molar refractivity (Wildman–Crippen MR) is 114 cm³/mol. The molecule has 1 aliphatic heterocycles. The van der Waals surface area contributed by atoms with Gasteiger partial charge in [-0.25, -0.2) is 4.52 Å². The molecule has 0 radical (unpaired) electrons. The van der Waals surface area contributed by atoms with Crippen LogP contribution in [-0.2, 0) is 11.0 Å². The average molecular weight is 465 g/mol. The Morgan fingerprint density at radius 2 is 1.62 bits per heavy atom. The number of nitrogens with one attached hydrogen (secondary N) is 1. The van der Waals surface area contributed by atoms with E-state index < -0.39 is 36.0 Å². The van der Waals surface area contributed by atoms with Gasteiger partial charge in [-0.15, -0.1) is 5.10 Å². The van der Waals surface area contributed by atoms with Gasteiger partial charge in [0.1, 0.15) is 6.54 Å². The van der Waals surface area contributed by atoms with E-state index in [1.807, 2.05) is 0 Å². The van der Waals surface area contributed by atoms with Crippen molar-refractivity contribution >= 4 is 29.3 Å². The van der Waals surface area contributed by atoms with Crippen LogP contribution in [0.2, 0.25) is 0 Å². The summed E-state index contributed by atoms with van der Waals surface area (Å²) in [4.78, 5) is 42.3. The van der Waals surface area contributed by atoms with Crippen LogP contribution < -0.4 is 5.32 Å². The summed E-state index contributed by atoms with van der Waals surface area (Å²) in [6, 6.07) is 14.3. The van der Waals surface area contributed by atoms with Gasteiger partial charge < -0.3 is 0 Å². The van der Waals surface area contributed by atoms with Crippen LogP contribution in [0.1, 0.15) is 26.3 Å². The number of fused-ring (bicyclic) bond motifs is 2. The van der Waals surface area contributed by atoms with Gasteiger partial charge in [0.05, 0.1) is 16.7 Å².